The number of nitrogens with one attached hydrogen (secondary N) is 2. The zero-order valence-corrected chi connectivity index (χ0v) is 14.3. The Balaban J connectivity index is 2.06. The van der Waals surface area contributed by atoms with E-state index in [0.717, 1.165) is 11.1 Å². The van der Waals surface area contributed by atoms with E-state index in [1.54, 1.807) is 38.2 Å². The first-order chi connectivity index (χ1) is 11.4. The van der Waals surface area contributed by atoms with Gasteiger partial charge in [0.2, 0.25) is 0 Å². The Hall–Kier alpha value is -2.82. The van der Waals surface area contributed by atoms with Crippen LogP contribution in [0, 0.1) is 13.8 Å². The summed E-state index contributed by atoms with van der Waals surface area (Å²) in [5.74, 6) is 0.215. The fourth-order valence-corrected chi connectivity index (χ4v) is 2.20. The van der Waals surface area contributed by atoms with E-state index in [1.165, 1.54) is 0 Å². The van der Waals surface area contributed by atoms with E-state index in [2.05, 4.69) is 10.6 Å². The predicted octanol–water partition coefficient (Wildman–Crippen LogP) is 3.07. The van der Waals surface area contributed by atoms with Gasteiger partial charge in [0, 0.05) is 18.3 Å². The molecule has 0 aliphatic carbocycles. The van der Waals surface area contributed by atoms with E-state index in [1.807, 2.05) is 32.0 Å². The van der Waals surface area contributed by atoms with Crippen molar-refractivity contribution in [3.63, 3.8) is 0 Å². The molecule has 126 valence electrons. The van der Waals surface area contributed by atoms with E-state index < -0.39 is 6.10 Å². The predicted molar refractivity (Wildman–Crippen MR) is 94.5 cm³/mol. The highest BCUT2D eigenvalue weighted by atomic mass is 16.5. The Morgan fingerprint density at radius 1 is 1.08 bits per heavy atom. The minimum atomic E-state index is -0.658. The van der Waals surface area contributed by atoms with Crippen molar-refractivity contribution in [3.8, 4) is 5.75 Å². The second-order valence-corrected chi connectivity index (χ2v) is 5.68. The van der Waals surface area contributed by atoms with E-state index >= 15 is 0 Å². The van der Waals surface area contributed by atoms with Crippen molar-refractivity contribution in [1.29, 1.82) is 0 Å². The topological polar surface area (TPSA) is 67.4 Å². The van der Waals surface area contributed by atoms with Crippen LogP contribution in [0.25, 0.3) is 0 Å². The molecule has 0 aromatic heterocycles. The first-order valence-electron chi connectivity index (χ1n) is 7.77. The van der Waals surface area contributed by atoms with Crippen molar-refractivity contribution in [3.05, 3.63) is 59.2 Å². The zero-order valence-electron chi connectivity index (χ0n) is 14.3. The minimum Gasteiger partial charge on any atom is -0.481 e. The number of carbonyl (C=O) groups excluding carboxylic acids is 2. The molecule has 24 heavy (non-hydrogen) atoms. The van der Waals surface area contributed by atoms with Crippen molar-refractivity contribution in [2.75, 3.05) is 12.4 Å². The highest BCUT2D eigenvalue weighted by Gasteiger charge is 2.16. The van der Waals surface area contributed by atoms with E-state index in [4.69, 9.17) is 4.74 Å². The first-order valence-corrected chi connectivity index (χ1v) is 7.77. The molecule has 0 bridgehead atoms. The lowest BCUT2D eigenvalue weighted by Gasteiger charge is -2.17. The van der Waals surface area contributed by atoms with E-state index in [0.29, 0.717) is 17.0 Å². The number of rotatable bonds is 5. The van der Waals surface area contributed by atoms with Gasteiger partial charge in [-0.2, -0.15) is 0 Å². The van der Waals surface area contributed by atoms with Gasteiger partial charge >= 0.3 is 0 Å². The van der Waals surface area contributed by atoms with Crippen LogP contribution in [0.4, 0.5) is 5.69 Å². The van der Waals surface area contributed by atoms with E-state index in [-0.39, 0.29) is 11.8 Å². The summed E-state index contributed by atoms with van der Waals surface area (Å²) in [6.45, 7) is 5.60. The maximum atomic E-state index is 12.3. The highest BCUT2D eigenvalue weighted by molar-refractivity contribution is 5.98. The maximum Gasteiger partial charge on any atom is 0.265 e. The van der Waals surface area contributed by atoms with Crippen LogP contribution in [0.15, 0.2) is 42.5 Å². The second kappa shape index (κ2) is 7.64. The lowest BCUT2D eigenvalue weighted by Crippen LogP contribution is -2.30. The SMILES string of the molecule is CNC(=O)c1cccc(NC(=O)C(C)Oc2cc(C)ccc2C)c1. The van der Waals surface area contributed by atoms with Crippen LogP contribution < -0.4 is 15.4 Å². The van der Waals surface area contributed by atoms with Gasteiger partial charge in [0.1, 0.15) is 5.75 Å². The third kappa shape index (κ3) is 4.35. The summed E-state index contributed by atoms with van der Waals surface area (Å²) in [6.07, 6.45) is -0.658. The number of aryl methyl sites for hydroxylation is 2. The number of carbonyl (C=O) groups is 2. The van der Waals surface area contributed by atoms with Gasteiger partial charge in [0.25, 0.3) is 11.8 Å². The van der Waals surface area contributed by atoms with Crippen LogP contribution in [0.2, 0.25) is 0 Å². The average Bonchev–Trinajstić information content (AvgIpc) is 2.57. The second-order valence-electron chi connectivity index (χ2n) is 5.68. The van der Waals surface area contributed by atoms with Gasteiger partial charge in [0.05, 0.1) is 0 Å². The van der Waals surface area contributed by atoms with Crippen molar-refractivity contribution in [2.24, 2.45) is 0 Å². The molecule has 2 amide bonds. The number of amides is 2. The molecule has 2 aromatic carbocycles. The summed E-state index contributed by atoms with van der Waals surface area (Å²) in [5, 5.41) is 5.32. The Kier molecular flexibility index (Phi) is 5.58. The molecule has 0 saturated heterocycles. The summed E-state index contributed by atoms with van der Waals surface area (Å²) in [4.78, 5) is 24.0. The summed E-state index contributed by atoms with van der Waals surface area (Å²) >= 11 is 0. The van der Waals surface area contributed by atoms with E-state index in [9.17, 15) is 9.59 Å². The lowest BCUT2D eigenvalue weighted by molar-refractivity contribution is -0.122. The van der Waals surface area contributed by atoms with Gasteiger partial charge in [-0.15, -0.1) is 0 Å². The molecular formula is C19H22N2O3. The summed E-state index contributed by atoms with van der Waals surface area (Å²) < 4.78 is 5.77. The highest BCUT2D eigenvalue weighted by Crippen LogP contribution is 2.21. The Bertz CT molecular complexity index is 756. The smallest absolute Gasteiger partial charge is 0.265 e. The minimum absolute atomic E-state index is 0.203. The molecule has 0 heterocycles. The molecular weight excluding hydrogens is 304 g/mol. The molecule has 0 aliphatic heterocycles. The Morgan fingerprint density at radius 3 is 2.54 bits per heavy atom. The zero-order chi connectivity index (χ0) is 17.7. The molecule has 2 rings (SSSR count). The number of anilines is 1. The fourth-order valence-electron chi connectivity index (χ4n) is 2.20. The van der Waals surface area contributed by atoms with Crippen LogP contribution >= 0.6 is 0 Å². The number of hydrogen-bond acceptors (Lipinski definition) is 3. The van der Waals surface area contributed by atoms with Crippen molar-refractivity contribution >= 4 is 17.5 Å². The maximum absolute atomic E-state index is 12.3. The van der Waals surface area contributed by atoms with Gasteiger partial charge in [-0.25, -0.2) is 0 Å². The molecule has 0 fully saturated rings. The van der Waals surface area contributed by atoms with Gasteiger partial charge in [-0.05, 0) is 56.2 Å². The molecule has 0 radical (unpaired) electrons. The van der Waals surface area contributed by atoms with Crippen molar-refractivity contribution in [2.45, 2.75) is 26.9 Å². The summed E-state index contributed by atoms with van der Waals surface area (Å²) in [5.41, 5.74) is 3.08. The largest absolute Gasteiger partial charge is 0.481 e. The number of benzene rings is 2. The van der Waals surface area contributed by atoms with Gasteiger partial charge < -0.3 is 15.4 Å². The molecule has 5 nitrogen and oxygen atoms in total. The average molecular weight is 326 g/mol. The molecule has 0 spiro atoms. The summed E-state index contributed by atoms with van der Waals surface area (Å²) in [6, 6.07) is 12.6. The Morgan fingerprint density at radius 2 is 1.83 bits per heavy atom. The molecule has 2 aromatic rings. The molecule has 1 atom stereocenters. The van der Waals surface area contributed by atoms with Crippen LogP contribution in [0.5, 0.6) is 5.75 Å². The van der Waals surface area contributed by atoms with Crippen LogP contribution in [-0.4, -0.2) is 25.0 Å². The number of hydrogen-bond donors (Lipinski definition) is 2. The molecule has 1 unspecified atom stereocenters. The van der Waals surface area contributed by atoms with Crippen molar-refractivity contribution < 1.29 is 14.3 Å². The molecule has 2 N–H and O–H groups in total. The monoisotopic (exact) mass is 326 g/mol. The molecule has 5 heteroatoms. The van der Waals surface area contributed by atoms with Crippen LogP contribution in [-0.2, 0) is 4.79 Å². The van der Waals surface area contributed by atoms with Crippen molar-refractivity contribution in [1.82, 2.24) is 5.32 Å². The van der Waals surface area contributed by atoms with Crippen LogP contribution in [0.1, 0.15) is 28.4 Å². The third-order valence-corrected chi connectivity index (χ3v) is 3.64. The fraction of sp³-hybridized carbons (Fsp3) is 0.263. The van der Waals surface area contributed by atoms with Gasteiger partial charge in [-0.3, -0.25) is 9.59 Å². The normalized spacial score (nSPS) is 11.5. The third-order valence-electron chi connectivity index (χ3n) is 3.64. The Labute approximate surface area is 142 Å². The van der Waals surface area contributed by atoms with Crippen LogP contribution in [0.3, 0.4) is 0 Å². The lowest BCUT2D eigenvalue weighted by atomic mass is 10.1. The first kappa shape index (κ1) is 17.5. The molecule has 0 saturated carbocycles. The molecule has 0 aliphatic rings. The van der Waals surface area contributed by atoms with Gasteiger partial charge in [-0.1, -0.05) is 18.2 Å². The van der Waals surface area contributed by atoms with Gasteiger partial charge in [0.15, 0.2) is 6.10 Å². The number of ether oxygens (including phenoxy) is 1. The standard InChI is InChI=1S/C19H22N2O3/c1-12-8-9-13(2)17(10-12)24-14(3)18(22)21-16-7-5-6-15(11-16)19(23)20-4/h5-11,14H,1-4H3,(H,20,23)(H,21,22). The summed E-state index contributed by atoms with van der Waals surface area (Å²) in [7, 11) is 1.56. The quantitative estimate of drug-likeness (QED) is 0.887.